The zero-order valence-corrected chi connectivity index (χ0v) is 13.3. The summed E-state index contributed by atoms with van der Waals surface area (Å²) in [6, 6.07) is 0. The van der Waals surface area contributed by atoms with E-state index in [2.05, 4.69) is 6.92 Å². The van der Waals surface area contributed by atoms with Gasteiger partial charge in [-0.2, -0.15) is 0 Å². The minimum absolute atomic E-state index is 0. The van der Waals surface area contributed by atoms with E-state index >= 15 is 0 Å². The number of unbranched alkanes of at least 4 members (excludes halogenated alkanes) is 4. The number of hydrogen-bond acceptors (Lipinski definition) is 1. The first-order valence-electron chi connectivity index (χ1n) is 3.99. The second kappa shape index (κ2) is 14.6. The van der Waals surface area contributed by atoms with Crippen molar-refractivity contribution < 1.29 is 9.90 Å². The van der Waals surface area contributed by atoms with Crippen molar-refractivity contribution in [2.24, 2.45) is 0 Å². The van der Waals surface area contributed by atoms with Crippen molar-refractivity contribution in [2.45, 2.75) is 45.4 Å². The van der Waals surface area contributed by atoms with Crippen molar-refractivity contribution in [3.63, 3.8) is 0 Å². The Hall–Kier alpha value is 1.07. The molecule has 4 heteroatoms. The molecule has 0 aliphatic heterocycles. The predicted octanol–water partition coefficient (Wildman–Crippen LogP) is 1.67. The van der Waals surface area contributed by atoms with Gasteiger partial charge in [-0.25, -0.2) is 0 Å². The van der Waals surface area contributed by atoms with Crippen LogP contribution in [-0.2, 0) is 4.79 Å². The molecule has 1 N–H and O–H groups in total. The summed E-state index contributed by atoms with van der Waals surface area (Å²) in [5.41, 5.74) is 0. The van der Waals surface area contributed by atoms with Crippen molar-refractivity contribution >= 4 is 53.8 Å². The Morgan fingerprint density at radius 1 is 1.08 bits per heavy atom. The second-order valence-electron chi connectivity index (χ2n) is 2.56. The van der Waals surface area contributed by atoms with Crippen LogP contribution in [-0.4, -0.2) is 58.9 Å². The van der Waals surface area contributed by atoms with E-state index in [-0.39, 0.29) is 47.8 Å². The van der Waals surface area contributed by atoms with Crippen LogP contribution in [0.25, 0.3) is 0 Å². The third kappa shape index (κ3) is 17.2. The van der Waals surface area contributed by atoms with E-state index in [4.69, 9.17) is 5.11 Å². The third-order valence-electron chi connectivity index (χ3n) is 1.49. The largest absolute Gasteiger partial charge is 0.481 e. The zero-order valence-electron chi connectivity index (χ0n) is 7.60. The normalized spacial score (nSPS) is 8.08. The molecule has 12 heavy (non-hydrogen) atoms. The SMILES string of the molecule is CCCCCCCC(=O)O.[Sn].[Sn]. The van der Waals surface area contributed by atoms with Crippen LogP contribution in [0.15, 0.2) is 0 Å². The van der Waals surface area contributed by atoms with Gasteiger partial charge in [0.15, 0.2) is 0 Å². The van der Waals surface area contributed by atoms with Gasteiger partial charge in [-0.3, -0.25) is 4.79 Å². The third-order valence-corrected chi connectivity index (χ3v) is 1.49. The standard InChI is InChI=1S/C8H16O2.2Sn/c1-2-3-4-5-6-7-8(9)10;;/h2-7H2,1H3,(H,9,10);;. The zero-order chi connectivity index (χ0) is 7.82. The van der Waals surface area contributed by atoms with Gasteiger partial charge in [0.25, 0.3) is 0 Å². The van der Waals surface area contributed by atoms with Gasteiger partial charge < -0.3 is 5.11 Å². The Kier molecular flexibility index (Phi) is 22.8. The first-order valence-corrected chi connectivity index (χ1v) is 3.99. The molecule has 0 aromatic heterocycles. The summed E-state index contributed by atoms with van der Waals surface area (Å²) in [7, 11) is 0. The van der Waals surface area contributed by atoms with Crippen molar-refractivity contribution in [3.05, 3.63) is 0 Å². The van der Waals surface area contributed by atoms with Gasteiger partial charge in [0, 0.05) is 54.2 Å². The quantitative estimate of drug-likeness (QED) is 0.561. The maximum atomic E-state index is 10.0. The van der Waals surface area contributed by atoms with Crippen molar-refractivity contribution in [2.75, 3.05) is 0 Å². The van der Waals surface area contributed by atoms with Crippen LogP contribution in [0.1, 0.15) is 45.4 Å². The average molecular weight is 382 g/mol. The van der Waals surface area contributed by atoms with Crippen molar-refractivity contribution in [1.82, 2.24) is 0 Å². The van der Waals surface area contributed by atoms with E-state index in [0.717, 1.165) is 12.8 Å². The van der Waals surface area contributed by atoms with Gasteiger partial charge in [-0.1, -0.05) is 32.6 Å². The fourth-order valence-corrected chi connectivity index (χ4v) is 0.880. The molecular formula is C8H16O2Sn2. The fraction of sp³-hybridized carbons (Fsp3) is 0.875. The molecule has 0 saturated carbocycles. The van der Waals surface area contributed by atoms with Crippen molar-refractivity contribution in [3.8, 4) is 0 Å². The smallest absolute Gasteiger partial charge is 0.303 e. The topological polar surface area (TPSA) is 37.3 Å². The maximum absolute atomic E-state index is 10.0. The molecular weight excluding hydrogens is 366 g/mol. The monoisotopic (exact) mass is 384 g/mol. The predicted molar refractivity (Wildman–Crippen MR) is 52.5 cm³/mol. The molecule has 2 nitrogen and oxygen atoms in total. The summed E-state index contributed by atoms with van der Waals surface area (Å²) in [6.45, 7) is 2.15. The summed E-state index contributed by atoms with van der Waals surface area (Å²) in [5.74, 6) is -0.670. The van der Waals surface area contributed by atoms with Gasteiger partial charge in [0.1, 0.15) is 0 Å². The van der Waals surface area contributed by atoms with Crippen LogP contribution in [0.4, 0.5) is 0 Å². The Bertz CT molecular complexity index is 97.1. The van der Waals surface area contributed by atoms with E-state index in [1.807, 2.05) is 0 Å². The molecule has 0 aliphatic rings. The summed E-state index contributed by atoms with van der Waals surface area (Å²) >= 11 is 0. The molecule has 0 heterocycles. The molecule has 0 atom stereocenters. The summed E-state index contributed by atoms with van der Waals surface area (Å²) in [4.78, 5) is 10.0. The molecule has 0 aromatic carbocycles. The van der Waals surface area contributed by atoms with Crippen LogP contribution in [0, 0.1) is 0 Å². The van der Waals surface area contributed by atoms with E-state index in [1.165, 1.54) is 19.3 Å². The first kappa shape index (κ1) is 18.8. The number of hydrogen-bond donors (Lipinski definition) is 1. The number of carboxylic acid groups (broad SMARTS) is 1. The minimum Gasteiger partial charge on any atom is -0.481 e. The van der Waals surface area contributed by atoms with Gasteiger partial charge in [-0.15, -0.1) is 0 Å². The molecule has 0 aliphatic carbocycles. The van der Waals surface area contributed by atoms with Crippen LogP contribution < -0.4 is 0 Å². The first-order chi connectivity index (χ1) is 4.77. The van der Waals surface area contributed by atoms with Gasteiger partial charge in [-0.05, 0) is 6.42 Å². The average Bonchev–Trinajstić information content (AvgIpc) is 1.87. The molecule has 68 valence electrons. The molecule has 0 fully saturated rings. The Morgan fingerprint density at radius 3 is 2.00 bits per heavy atom. The molecule has 0 spiro atoms. The van der Waals surface area contributed by atoms with E-state index in [0.29, 0.717) is 6.42 Å². The summed E-state index contributed by atoms with van der Waals surface area (Å²) < 4.78 is 0. The molecule has 0 bridgehead atoms. The molecule has 0 saturated heterocycles. The summed E-state index contributed by atoms with van der Waals surface area (Å²) in [5, 5.41) is 8.27. The molecule has 8 radical (unpaired) electrons. The Balaban J connectivity index is -0.000000405. The molecule has 0 aromatic rings. The van der Waals surface area contributed by atoms with E-state index in [1.54, 1.807) is 0 Å². The fourth-order valence-electron chi connectivity index (χ4n) is 0.880. The van der Waals surface area contributed by atoms with Crippen LogP contribution in [0.2, 0.25) is 0 Å². The minimum atomic E-state index is -0.670. The number of aliphatic carboxylic acids is 1. The van der Waals surface area contributed by atoms with E-state index < -0.39 is 5.97 Å². The number of carboxylic acids is 1. The van der Waals surface area contributed by atoms with Crippen molar-refractivity contribution in [1.29, 1.82) is 0 Å². The second-order valence-corrected chi connectivity index (χ2v) is 2.56. The van der Waals surface area contributed by atoms with Gasteiger partial charge >= 0.3 is 5.97 Å². The van der Waals surface area contributed by atoms with E-state index in [9.17, 15) is 4.79 Å². The molecule has 0 rings (SSSR count). The van der Waals surface area contributed by atoms with Crippen LogP contribution >= 0.6 is 0 Å². The molecule has 0 unspecified atom stereocenters. The Morgan fingerprint density at radius 2 is 1.58 bits per heavy atom. The number of carbonyl (C=O) groups is 1. The number of rotatable bonds is 6. The Labute approximate surface area is 108 Å². The van der Waals surface area contributed by atoms with Gasteiger partial charge in [0.05, 0.1) is 0 Å². The summed E-state index contributed by atoms with van der Waals surface area (Å²) in [6.07, 6.45) is 5.88. The van der Waals surface area contributed by atoms with Crippen LogP contribution in [0.5, 0.6) is 0 Å². The maximum Gasteiger partial charge on any atom is 0.303 e. The van der Waals surface area contributed by atoms with Gasteiger partial charge in [0.2, 0.25) is 0 Å². The van der Waals surface area contributed by atoms with Crippen LogP contribution in [0.3, 0.4) is 0 Å². The molecule has 0 amide bonds.